The van der Waals surface area contributed by atoms with Gasteiger partial charge in [-0.2, -0.15) is 0 Å². The number of pyridine rings is 1. The molecule has 0 radical (unpaired) electrons. The molecule has 3 aromatic rings. The van der Waals surface area contributed by atoms with Crippen LogP contribution in [-0.2, 0) is 17.9 Å². The van der Waals surface area contributed by atoms with Gasteiger partial charge in [0.05, 0.1) is 23.2 Å². The Morgan fingerprint density at radius 3 is 2.70 bits per heavy atom. The zero-order chi connectivity index (χ0) is 19.6. The van der Waals surface area contributed by atoms with Crippen molar-refractivity contribution < 1.29 is 19.7 Å². The number of aromatic nitrogens is 3. The third kappa shape index (κ3) is 4.09. The van der Waals surface area contributed by atoms with Crippen molar-refractivity contribution in [2.45, 2.75) is 39.5 Å². The number of nitrogens with zero attached hydrogens (tertiary/aromatic N) is 3. The number of imidazole rings is 1. The van der Waals surface area contributed by atoms with Crippen molar-refractivity contribution in [2.24, 2.45) is 0 Å². The molecule has 1 aromatic carbocycles. The highest BCUT2D eigenvalue weighted by atomic mass is 16.5. The molecule has 3 rings (SSSR count). The van der Waals surface area contributed by atoms with Crippen LogP contribution in [0.4, 0.5) is 10.6 Å². The van der Waals surface area contributed by atoms with Crippen molar-refractivity contribution in [3.05, 3.63) is 30.1 Å². The van der Waals surface area contributed by atoms with E-state index >= 15 is 0 Å². The molecule has 0 unspecified atom stereocenters. The highest BCUT2D eigenvalue weighted by molar-refractivity contribution is 6.07. The molecule has 144 valence electrons. The number of anilines is 1. The lowest BCUT2D eigenvalue weighted by molar-refractivity contribution is 0.0582. The highest BCUT2D eigenvalue weighted by Crippen LogP contribution is 2.31. The van der Waals surface area contributed by atoms with Gasteiger partial charge in [-0.25, -0.2) is 20.2 Å². The molecule has 9 nitrogen and oxygen atoms in total. The van der Waals surface area contributed by atoms with E-state index in [9.17, 15) is 9.90 Å². The molecule has 9 heteroatoms. The van der Waals surface area contributed by atoms with Crippen LogP contribution in [-0.4, -0.2) is 43.0 Å². The Bertz CT molecular complexity index is 977. The van der Waals surface area contributed by atoms with Gasteiger partial charge in [-0.15, -0.1) is 0 Å². The Balaban J connectivity index is 2.28. The van der Waals surface area contributed by atoms with Gasteiger partial charge in [0.2, 0.25) is 0 Å². The molecule has 0 bridgehead atoms. The molecule has 0 atom stereocenters. The van der Waals surface area contributed by atoms with Crippen LogP contribution in [0.5, 0.6) is 0 Å². The van der Waals surface area contributed by atoms with E-state index in [4.69, 9.17) is 9.84 Å². The summed E-state index contributed by atoms with van der Waals surface area (Å²) in [5.74, 6) is 0.920. The normalized spacial score (nSPS) is 11.9. The molecule has 27 heavy (non-hydrogen) atoms. The molecule has 0 aliphatic heterocycles. The number of carbonyl (C=O) groups is 1. The lowest BCUT2D eigenvalue weighted by Crippen LogP contribution is -2.28. The summed E-state index contributed by atoms with van der Waals surface area (Å²) in [4.78, 5) is 20.0. The maximum Gasteiger partial charge on any atom is 0.423 e. The number of hydrazine groups is 1. The Hall–Kier alpha value is -2.91. The number of amides is 1. The van der Waals surface area contributed by atoms with E-state index in [1.54, 1.807) is 13.8 Å². The SMILES string of the molecule is CCOCc1nc2c(NNC(=O)O)nc3ccccc3c2n1CC(C)(C)O. The van der Waals surface area contributed by atoms with Gasteiger partial charge in [0.25, 0.3) is 0 Å². The zero-order valence-corrected chi connectivity index (χ0v) is 15.5. The van der Waals surface area contributed by atoms with Crippen molar-refractivity contribution in [3.63, 3.8) is 0 Å². The molecule has 0 aliphatic rings. The fourth-order valence-electron chi connectivity index (χ4n) is 2.94. The van der Waals surface area contributed by atoms with Gasteiger partial charge in [0, 0.05) is 12.0 Å². The Kier molecular flexibility index (Phi) is 5.15. The zero-order valence-electron chi connectivity index (χ0n) is 15.5. The highest BCUT2D eigenvalue weighted by Gasteiger charge is 2.23. The molecule has 4 N–H and O–H groups in total. The van der Waals surface area contributed by atoms with Gasteiger partial charge < -0.3 is 19.5 Å². The number of nitrogens with one attached hydrogen (secondary N) is 2. The van der Waals surface area contributed by atoms with Crippen LogP contribution >= 0.6 is 0 Å². The number of aliphatic hydroxyl groups is 1. The van der Waals surface area contributed by atoms with E-state index in [2.05, 4.69) is 20.8 Å². The topological polar surface area (TPSA) is 122 Å². The van der Waals surface area contributed by atoms with Gasteiger partial charge in [-0.1, -0.05) is 18.2 Å². The standard InChI is InChI=1S/C18H23N5O4/c1-4-27-9-13-20-14-15(23(13)10-18(2,3)26)11-7-5-6-8-12(11)19-16(14)21-22-17(24)25/h5-8,22,26H,4,9-10H2,1-3H3,(H,19,21)(H,24,25). The van der Waals surface area contributed by atoms with Crippen molar-refractivity contribution >= 4 is 33.8 Å². The van der Waals surface area contributed by atoms with Crippen molar-refractivity contribution in [1.82, 2.24) is 20.0 Å². The third-order valence-corrected chi connectivity index (χ3v) is 3.93. The predicted octanol–water partition coefficient (Wildman–Crippen LogP) is 2.49. The van der Waals surface area contributed by atoms with Crippen molar-refractivity contribution in [2.75, 3.05) is 12.0 Å². The quantitative estimate of drug-likeness (QED) is 0.469. The van der Waals surface area contributed by atoms with E-state index in [1.807, 2.05) is 35.8 Å². The van der Waals surface area contributed by atoms with Crippen LogP contribution in [0.15, 0.2) is 24.3 Å². The summed E-state index contributed by atoms with van der Waals surface area (Å²) in [5, 5.41) is 20.2. The number of carboxylic acid groups (broad SMARTS) is 1. The lowest BCUT2D eigenvalue weighted by atomic mass is 10.1. The monoisotopic (exact) mass is 373 g/mol. The summed E-state index contributed by atoms with van der Waals surface area (Å²) in [6, 6.07) is 7.51. The Morgan fingerprint density at radius 1 is 1.30 bits per heavy atom. The fraction of sp³-hybridized carbons (Fsp3) is 0.389. The summed E-state index contributed by atoms with van der Waals surface area (Å²) in [7, 11) is 0. The fourth-order valence-corrected chi connectivity index (χ4v) is 2.94. The van der Waals surface area contributed by atoms with E-state index in [0.29, 0.717) is 35.8 Å². The third-order valence-electron chi connectivity index (χ3n) is 3.93. The summed E-state index contributed by atoms with van der Waals surface area (Å²) < 4.78 is 7.44. The summed E-state index contributed by atoms with van der Waals surface area (Å²) in [5.41, 5.74) is 5.67. The number of hydrogen-bond acceptors (Lipinski definition) is 6. The van der Waals surface area contributed by atoms with Crippen LogP contribution < -0.4 is 10.9 Å². The minimum atomic E-state index is -1.23. The van der Waals surface area contributed by atoms with Crippen molar-refractivity contribution in [3.8, 4) is 0 Å². The van der Waals surface area contributed by atoms with E-state index < -0.39 is 11.7 Å². The summed E-state index contributed by atoms with van der Waals surface area (Å²) >= 11 is 0. The summed E-state index contributed by atoms with van der Waals surface area (Å²) in [6.07, 6.45) is -1.23. The minimum Gasteiger partial charge on any atom is -0.464 e. The Morgan fingerprint density at radius 2 is 2.04 bits per heavy atom. The smallest absolute Gasteiger partial charge is 0.423 e. The number of ether oxygens (including phenoxy) is 1. The van der Waals surface area contributed by atoms with Crippen LogP contribution in [0, 0.1) is 0 Å². The van der Waals surface area contributed by atoms with E-state index in [1.165, 1.54) is 0 Å². The molecule has 1 amide bonds. The van der Waals surface area contributed by atoms with Gasteiger partial charge in [0.15, 0.2) is 5.82 Å². The number of hydrogen-bond donors (Lipinski definition) is 4. The first-order valence-electron chi connectivity index (χ1n) is 8.63. The average Bonchev–Trinajstić information content (AvgIpc) is 2.94. The molecule has 2 heterocycles. The van der Waals surface area contributed by atoms with Crippen LogP contribution in [0.2, 0.25) is 0 Å². The Labute approximate surface area is 156 Å². The maximum atomic E-state index is 10.9. The molecule has 0 fully saturated rings. The largest absolute Gasteiger partial charge is 0.464 e. The first kappa shape index (κ1) is 18.9. The number of para-hydroxylation sites is 1. The lowest BCUT2D eigenvalue weighted by Gasteiger charge is -2.20. The molecule has 0 spiro atoms. The van der Waals surface area contributed by atoms with Gasteiger partial charge in [0.1, 0.15) is 17.9 Å². The molecule has 0 aliphatic carbocycles. The van der Waals surface area contributed by atoms with Gasteiger partial charge in [-0.3, -0.25) is 5.43 Å². The number of rotatable bonds is 7. The van der Waals surface area contributed by atoms with Gasteiger partial charge >= 0.3 is 6.09 Å². The maximum absolute atomic E-state index is 10.9. The predicted molar refractivity (Wildman–Crippen MR) is 101 cm³/mol. The minimum absolute atomic E-state index is 0.265. The number of benzene rings is 1. The average molecular weight is 373 g/mol. The first-order valence-corrected chi connectivity index (χ1v) is 8.63. The molecular formula is C18H23N5O4. The number of fused-ring (bicyclic) bond motifs is 3. The molecular weight excluding hydrogens is 350 g/mol. The van der Waals surface area contributed by atoms with Crippen LogP contribution in [0.25, 0.3) is 21.9 Å². The molecule has 2 aromatic heterocycles. The molecule has 0 saturated carbocycles. The van der Waals surface area contributed by atoms with Crippen molar-refractivity contribution in [1.29, 1.82) is 0 Å². The van der Waals surface area contributed by atoms with Crippen LogP contribution in [0.1, 0.15) is 26.6 Å². The van der Waals surface area contributed by atoms with E-state index in [0.717, 1.165) is 10.9 Å². The first-order chi connectivity index (χ1) is 12.8. The molecule has 0 saturated heterocycles. The van der Waals surface area contributed by atoms with Crippen LogP contribution in [0.3, 0.4) is 0 Å². The second-order valence-electron chi connectivity index (χ2n) is 6.79. The summed E-state index contributed by atoms with van der Waals surface area (Å²) in [6.45, 7) is 6.42. The second kappa shape index (κ2) is 7.37. The van der Waals surface area contributed by atoms with E-state index in [-0.39, 0.29) is 6.61 Å². The van der Waals surface area contributed by atoms with Gasteiger partial charge in [-0.05, 0) is 26.8 Å². The second-order valence-corrected chi connectivity index (χ2v) is 6.79.